The molecule has 0 atom stereocenters. The number of nitrogens with zero attached hydrogens (tertiary/aromatic N) is 8. The highest BCUT2D eigenvalue weighted by Gasteiger charge is 2.28. The van der Waals surface area contributed by atoms with Crippen molar-refractivity contribution < 1.29 is 0 Å². The highest BCUT2D eigenvalue weighted by Crippen LogP contribution is 2.51. The zero-order valence-corrected chi connectivity index (χ0v) is 28.8. The average molecular weight is 730 g/mol. The van der Waals surface area contributed by atoms with Gasteiger partial charge >= 0.3 is 0 Å². The topological polar surface area (TPSA) is 108 Å². The van der Waals surface area contributed by atoms with Gasteiger partial charge in [-0.1, -0.05) is 72.1 Å². The Kier molecular flexibility index (Phi) is 7.85. The number of aromatic nitrogens is 6. The number of anilines is 10. The first-order valence-corrected chi connectivity index (χ1v) is 17.7. The molecule has 242 valence electrons. The Balaban J connectivity index is 0.977. The lowest BCUT2D eigenvalue weighted by atomic mass is 10.2. The van der Waals surface area contributed by atoms with Crippen molar-refractivity contribution in [3.05, 3.63) is 132 Å². The molecule has 0 spiro atoms. The maximum absolute atomic E-state index is 6.46. The molecule has 0 bridgehead atoms. The van der Waals surface area contributed by atoms with E-state index in [1.165, 1.54) is 0 Å². The van der Waals surface area contributed by atoms with Crippen LogP contribution in [0.5, 0.6) is 0 Å². The van der Waals surface area contributed by atoms with Crippen molar-refractivity contribution in [3.8, 4) is 0 Å². The lowest BCUT2D eigenvalue weighted by molar-refractivity contribution is 0.994. The fourth-order valence-corrected chi connectivity index (χ4v) is 8.15. The van der Waals surface area contributed by atoms with Crippen LogP contribution in [-0.2, 0) is 0 Å². The van der Waals surface area contributed by atoms with E-state index >= 15 is 0 Å². The number of rotatable bonds is 6. The molecule has 0 radical (unpaired) electrons. The van der Waals surface area contributed by atoms with E-state index in [1.54, 1.807) is 23.5 Å². The third-order valence-electron chi connectivity index (χ3n) is 7.85. The number of para-hydroxylation sites is 4. The number of fused-ring (bicyclic) bond motifs is 4. The van der Waals surface area contributed by atoms with Crippen LogP contribution < -0.4 is 20.4 Å². The Labute approximate surface area is 305 Å². The molecule has 0 saturated heterocycles. The second-order valence-corrected chi connectivity index (χ2v) is 13.9. The minimum atomic E-state index is 0.0732. The van der Waals surface area contributed by atoms with Crippen LogP contribution in [0.3, 0.4) is 0 Å². The Morgan fingerprint density at radius 1 is 0.400 bits per heavy atom. The fourth-order valence-electron chi connectivity index (χ4n) is 5.73. The summed E-state index contributed by atoms with van der Waals surface area (Å²) >= 11 is 16.3. The third-order valence-corrected chi connectivity index (χ3v) is 10.5. The molecule has 14 heteroatoms. The van der Waals surface area contributed by atoms with Gasteiger partial charge in [-0.15, -0.1) is 0 Å². The van der Waals surface area contributed by atoms with Crippen molar-refractivity contribution in [1.29, 1.82) is 0 Å². The first kappa shape index (κ1) is 30.6. The maximum Gasteiger partial charge on any atom is 0.240 e. The molecule has 0 unspecified atom stereocenters. The number of benzene rings is 5. The summed E-state index contributed by atoms with van der Waals surface area (Å²) in [6.07, 6.45) is 0. The molecule has 0 aliphatic carbocycles. The van der Waals surface area contributed by atoms with Crippen LogP contribution >= 0.6 is 46.7 Å². The maximum atomic E-state index is 6.46. The van der Waals surface area contributed by atoms with E-state index in [1.807, 2.05) is 107 Å². The quantitative estimate of drug-likeness (QED) is 0.170. The molecule has 10 nitrogen and oxygen atoms in total. The van der Waals surface area contributed by atoms with Gasteiger partial charge in [0.15, 0.2) is 0 Å². The summed E-state index contributed by atoms with van der Waals surface area (Å²) in [4.78, 5) is 35.7. The summed E-state index contributed by atoms with van der Waals surface area (Å²) in [5, 5.41) is 6.68. The molecule has 9 rings (SSSR count). The smallest absolute Gasteiger partial charge is 0.240 e. The second kappa shape index (κ2) is 12.8. The predicted molar refractivity (Wildman–Crippen MR) is 200 cm³/mol. The van der Waals surface area contributed by atoms with E-state index in [0.717, 1.165) is 53.7 Å². The summed E-state index contributed by atoms with van der Waals surface area (Å²) in [5.41, 5.74) is 5.35. The van der Waals surface area contributed by atoms with E-state index in [-0.39, 0.29) is 10.6 Å². The highest BCUT2D eigenvalue weighted by molar-refractivity contribution is 8.00. The summed E-state index contributed by atoms with van der Waals surface area (Å²) in [5.74, 6) is 1.43. The minimum Gasteiger partial charge on any atom is -0.324 e. The van der Waals surface area contributed by atoms with Gasteiger partial charge in [0, 0.05) is 31.0 Å². The van der Waals surface area contributed by atoms with Crippen molar-refractivity contribution in [2.75, 3.05) is 20.4 Å². The van der Waals surface area contributed by atoms with Crippen molar-refractivity contribution in [2.24, 2.45) is 0 Å². The van der Waals surface area contributed by atoms with Crippen LogP contribution in [0.1, 0.15) is 0 Å². The van der Waals surface area contributed by atoms with Gasteiger partial charge in [0.1, 0.15) is 0 Å². The van der Waals surface area contributed by atoms with E-state index in [0.29, 0.717) is 23.8 Å². The molecule has 2 aromatic heterocycles. The van der Waals surface area contributed by atoms with Gasteiger partial charge in [-0.05, 0) is 96.0 Å². The molecule has 0 amide bonds. The van der Waals surface area contributed by atoms with Crippen LogP contribution in [0.4, 0.5) is 57.9 Å². The highest BCUT2D eigenvalue weighted by atomic mass is 35.5. The number of halogens is 2. The molecule has 0 saturated carbocycles. The van der Waals surface area contributed by atoms with E-state index in [2.05, 4.69) is 54.8 Å². The standard InChI is InChI=1S/C36H22Cl2N10S2/c37-31-41-33(45-35(43-31)47-23-9-1-5-13-27(23)49-28-14-6-2-10-24(28)47)39-21-17-19-22(20-18-21)40-34-42-32(38)44-36(46-34)48-25-11-3-7-15-29(25)50-30-16-8-4-12-26(30)48/h1-20H,(H,39,41,43,45)(H,40,42,44,46). The van der Waals surface area contributed by atoms with Crippen LogP contribution in [0, 0.1) is 0 Å². The van der Waals surface area contributed by atoms with Crippen molar-refractivity contribution >= 4 is 105 Å². The molecule has 4 heterocycles. The van der Waals surface area contributed by atoms with E-state index in [4.69, 9.17) is 33.2 Å². The third kappa shape index (κ3) is 5.81. The molecule has 50 heavy (non-hydrogen) atoms. The SMILES string of the molecule is Clc1nc(Nc2ccc(Nc3nc(Cl)nc(N4c5ccccc5Sc5ccccc54)n3)cc2)nc(N2c3ccccc3Sc3ccccc32)n1. The lowest BCUT2D eigenvalue weighted by Gasteiger charge is -2.31. The van der Waals surface area contributed by atoms with Gasteiger partial charge in [-0.2, -0.15) is 29.9 Å². The number of nitrogens with one attached hydrogen (secondary N) is 2. The lowest BCUT2D eigenvalue weighted by Crippen LogP contribution is -2.18. The second-order valence-electron chi connectivity index (χ2n) is 11.0. The zero-order chi connectivity index (χ0) is 33.6. The van der Waals surface area contributed by atoms with Gasteiger partial charge in [0.25, 0.3) is 0 Å². The van der Waals surface area contributed by atoms with E-state index in [9.17, 15) is 0 Å². The summed E-state index contributed by atoms with van der Waals surface area (Å²) in [6.45, 7) is 0. The van der Waals surface area contributed by atoms with Gasteiger partial charge in [-0.25, -0.2) is 0 Å². The van der Waals surface area contributed by atoms with Crippen LogP contribution in [0.15, 0.2) is 141 Å². The van der Waals surface area contributed by atoms with Gasteiger partial charge in [0.2, 0.25) is 34.4 Å². The first-order valence-electron chi connectivity index (χ1n) is 15.4. The largest absolute Gasteiger partial charge is 0.324 e. The van der Waals surface area contributed by atoms with Gasteiger partial charge in [0.05, 0.1) is 22.7 Å². The summed E-state index contributed by atoms with van der Waals surface area (Å²) < 4.78 is 0. The Morgan fingerprint density at radius 2 is 0.720 bits per heavy atom. The van der Waals surface area contributed by atoms with Crippen molar-refractivity contribution in [3.63, 3.8) is 0 Å². The Hall–Kier alpha value is -5.40. The van der Waals surface area contributed by atoms with Crippen LogP contribution in [0.2, 0.25) is 10.6 Å². The minimum absolute atomic E-state index is 0.0732. The first-order chi connectivity index (χ1) is 24.6. The summed E-state index contributed by atoms with van der Waals surface area (Å²) in [6, 6.07) is 40.1. The molecular formula is C36H22Cl2N10S2. The molecule has 7 aromatic rings. The molecule has 5 aromatic carbocycles. The number of hydrogen-bond donors (Lipinski definition) is 2. The molecule has 2 aliphatic rings. The van der Waals surface area contributed by atoms with Crippen molar-refractivity contribution in [2.45, 2.75) is 19.6 Å². The molecule has 2 N–H and O–H groups in total. The average Bonchev–Trinajstić information content (AvgIpc) is 3.13. The van der Waals surface area contributed by atoms with E-state index < -0.39 is 0 Å². The fraction of sp³-hybridized carbons (Fsp3) is 0. The summed E-state index contributed by atoms with van der Waals surface area (Å²) in [7, 11) is 0. The number of hydrogen-bond acceptors (Lipinski definition) is 12. The molecular weight excluding hydrogens is 708 g/mol. The predicted octanol–water partition coefficient (Wildman–Crippen LogP) is 10.7. The monoisotopic (exact) mass is 728 g/mol. The Morgan fingerprint density at radius 3 is 1.06 bits per heavy atom. The van der Waals surface area contributed by atoms with Crippen LogP contribution in [0.25, 0.3) is 0 Å². The van der Waals surface area contributed by atoms with Crippen molar-refractivity contribution in [1.82, 2.24) is 29.9 Å². The molecule has 0 fully saturated rings. The van der Waals surface area contributed by atoms with Gasteiger partial charge < -0.3 is 10.6 Å². The van der Waals surface area contributed by atoms with Crippen LogP contribution in [-0.4, -0.2) is 29.9 Å². The Bertz CT molecular complexity index is 2150. The molecule has 2 aliphatic heterocycles. The normalized spacial score (nSPS) is 12.8. The van der Waals surface area contributed by atoms with Gasteiger partial charge in [-0.3, -0.25) is 9.80 Å². The zero-order valence-electron chi connectivity index (χ0n) is 25.7.